The van der Waals surface area contributed by atoms with Crippen LogP contribution in [0.2, 0.25) is 0 Å². The zero-order valence-electron chi connectivity index (χ0n) is 32.9. The van der Waals surface area contributed by atoms with Crippen molar-refractivity contribution >= 4 is 34.2 Å². The van der Waals surface area contributed by atoms with E-state index in [4.69, 9.17) is 23.9 Å². The molecule has 58 heavy (non-hydrogen) atoms. The highest BCUT2D eigenvalue weighted by atomic mass is 16.7. The van der Waals surface area contributed by atoms with Crippen LogP contribution in [0.5, 0.6) is 17.2 Å². The van der Waals surface area contributed by atoms with Gasteiger partial charge in [0.25, 0.3) is 11.8 Å². The van der Waals surface area contributed by atoms with Gasteiger partial charge in [-0.15, -0.1) is 0 Å². The molecule has 1 N–H and O–H groups in total. The number of nitrogens with zero attached hydrogens (tertiary/aromatic N) is 6. The highest BCUT2D eigenvalue weighted by Gasteiger charge is 2.36. The number of amides is 2. The third-order valence-electron chi connectivity index (χ3n) is 11.6. The number of aromatic nitrogens is 3. The molecule has 1 atom stereocenters. The van der Waals surface area contributed by atoms with E-state index in [2.05, 4.69) is 23.1 Å². The average molecular weight is 783 g/mol. The number of carbonyl (C=O) groups excluding carboxylic acids is 2. The summed E-state index contributed by atoms with van der Waals surface area (Å²) in [4.78, 5) is 41.1. The summed E-state index contributed by atoms with van der Waals surface area (Å²) >= 11 is 0. The van der Waals surface area contributed by atoms with Crippen molar-refractivity contribution in [3.05, 3.63) is 119 Å². The van der Waals surface area contributed by atoms with Crippen LogP contribution in [0.15, 0.2) is 91.3 Å². The molecule has 0 bridgehead atoms. The van der Waals surface area contributed by atoms with Crippen LogP contribution in [0.4, 0.5) is 11.4 Å². The number of pyridine rings is 1. The highest BCUT2D eigenvalue weighted by molar-refractivity contribution is 6.13. The fourth-order valence-corrected chi connectivity index (χ4v) is 8.51. The minimum absolute atomic E-state index is 0.0422. The molecule has 1 saturated heterocycles. The van der Waals surface area contributed by atoms with Gasteiger partial charge in [0, 0.05) is 94.1 Å². The predicted octanol–water partition coefficient (Wildman–Crippen LogP) is 6.08. The Kier molecular flexibility index (Phi) is 10.1. The molecule has 6 heterocycles. The van der Waals surface area contributed by atoms with Crippen LogP contribution in [0.3, 0.4) is 0 Å². The average Bonchev–Trinajstić information content (AvgIpc) is 3.96. The number of aryl methyl sites for hydroxylation is 1. The quantitative estimate of drug-likeness (QED) is 0.176. The Balaban J connectivity index is 1.16. The second-order valence-electron chi connectivity index (χ2n) is 15.1. The number of phenols is 1. The normalized spacial score (nSPS) is 16.5. The summed E-state index contributed by atoms with van der Waals surface area (Å²) < 4.78 is 26.9. The molecule has 9 rings (SSSR count). The number of benzene rings is 3. The number of phenolic OH excluding ortho intramolecular Hbond substituents is 1. The molecule has 2 amide bonds. The maximum absolute atomic E-state index is 15.2. The number of carbonyl (C=O) groups is 2. The largest absolute Gasteiger partial charge is 0.508 e. The second kappa shape index (κ2) is 15.7. The van der Waals surface area contributed by atoms with Crippen LogP contribution in [-0.4, -0.2) is 100 Å². The van der Waals surface area contributed by atoms with E-state index < -0.39 is 0 Å². The second-order valence-corrected chi connectivity index (χ2v) is 15.1. The minimum atomic E-state index is -0.303. The maximum Gasteiger partial charge on any atom is 0.264 e. The number of hydrogen-bond acceptors (Lipinski definition) is 9. The van der Waals surface area contributed by atoms with Crippen molar-refractivity contribution in [3.63, 3.8) is 0 Å². The lowest BCUT2D eigenvalue weighted by atomic mass is 9.92. The Hall–Kier alpha value is -6.15. The molecular formula is C45H46N6O7. The van der Waals surface area contributed by atoms with Crippen LogP contribution < -0.4 is 14.4 Å². The summed E-state index contributed by atoms with van der Waals surface area (Å²) in [7, 11) is 5.47. The van der Waals surface area contributed by atoms with Gasteiger partial charge in [-0.05, 0) is 72.1 Å². The first-order valence-corrected chi connectivity index (χ1v) is 19.6. The Labute approximate surface area is 336 Å². The Morgan fingerprint density at radius 3 is 2.45 bits per heavy atom. The molecule has 3 aromatic carbocycles. The Morgan fingerprint density at radius 1 is 0.914 bits per heavy atom. The topological polar surface area (TPSA) is 124 Å². The molecule has 3 aromatic heterocycles. The number of rotatable bonds is 10. The standard InChI is InChI=1S/C45H46N6O7/c1-47-14-12-30-21-33(25-46-43(30)47)51(32-8-10-35(52)11-9-32)45(54)38-22-40(48(2)39(38)13-17-55-3)36-23-41-42(58-28-57-41)24-37(36)44(53)50-26-31-7-5-4-6-29(31)20-34(50)27-49-15-18-56-19-16-49/h4-12,14,21-25,34,52H,13,15-20,26-28H2,1-3H3/t34-/m0/s1. The van der Waals surface area contributed by atoms with Gasteiger partial charge in [-0.2, -0.15) is 0 Å². The van der Waals surface area contributed by atoms with E-state index in [1.165, 1.54) is 5.56 Å². The number of aromatic hydroxyl groups is 1. The van der Waals surface area contributed by atoms with E-state index in [0.717, 1.165) is 48.3 Å². The first-order valence-electron chi connectivity index (χ1n) is 19.6. The van der Waals surface area contributed by atoms with Gasteiger partial charge in [0.1, 0.15) is 11.4 Å². The van der Waals surface area contributed by atoms with Crippen molar-refractivity contribution in [2.24, 2.45) is 14.1 Å². The van der Waals surface area contributed by atoms with E-state index in [1.54, 1.807) is 48.5 Å². The first kappa shape index (κ1) is 37.4. The molecule has 1 fully saturated rings. The molecule has 0 saturated carbocycles. The molecule has 13 heteroatoms. The lowest BCUT2D eigenvalue weighted by Gasteiger charge is -2.40. The van der Waals surface area contributed by atoms with E-state index in [-0.39, 0.29) is 30.4 Å². The molecule has 3 aliphatic heterocycles. The van der Waals surface area contributed by atoms with Gasteiger partial charge in [-0.1, -0.05) is 24.3 Å². The number of methoxy groups -OCH3 is 1. The minimum Gasteiger partial charge on any atom is -0.508 e. The van der Waals surface area contributed by atoms with Gasteiger partial charge in [-0.25, -0.2) is 4.98 Å². The number of morpholine rings is 1. The van der Waals surface area contributed by atoms with E-state index in [1.807, 2.05) is 64.7 Å². The zero-order chi connectivity index (χ0) is 39.9. The fraction of sp³-hybridized carbons (Fsp3) is 0.311. The summed E-state index contributed by atoms with van der Waals surface area (Å²) in [5, 5.41) is 11.1. The SMILES string of the molecule is COCCc1c(C(=O)N(c2ccc(O)cc2)c2cnc3c(ccn3C)c2)cc(-c2cc3c(cc2C(=O)N2Cc4ccccc4C[C@H]2CN2CCOCC2)OCO3)n1C. The van der Waals surface area contributed by atoms with Crippen LogP contribution in [0.25, 0.3) is 22.3 Å². The third kappa shape index (κ3) is 6.95. The summed E-state index contributed by atoms with van der Waals surface area (Å²) in [6.45, 7) is 4.57. The van der Waals surface area contributed by atoms with Gasteiger partial charge in [0.15, 0.2) is 11.5 Å². The predicted molar refractivity (Wildman–Crippen MR) is 219 cm³/mol. The van der Waals surface area contributed by atoms with Crippen LogP contribution in [-0.2, 0) is 43.0 Å². The van der Waals surface area contributed by atoms with Gasteiger partial charge < -0.3 is 38.1 Å². The van der Waals surface area contributed by atoms with Gasteiger partial charge in [0.05, 0.1) is 42.8 Å². The molecule has 0 spiro atoms. The lowest BCUT2D eigenvalue weighted by molar-refractivity contribution is 0.0193. The first-order chi connectivity index (χ1) is 28.3. The van der Waals surface area contributed by atoms with E-state index >= 15 is 9.59 Å². The highest BCUT2D eigenvalue weighted by Crippen LogP contribution is 2.42. The molecular weight excluding hydrogens is 737 g/mol. The smallest absolute Gasteiger partial charge is 0.264 e. The van der Waals surface area contributed by atoms with Crippen molar-refractivity contribution in [3.8, 4) is 28.5 Å². The molecule has 0 unspecified atom stereocenters. The van der Waals surface area contributed by atoms with Crippen LogP contribution in [0, 0.1) is 0 Å². The van der Waals surface area contributed by atoms with Gasteiger partial charge in [0.2, 0.25) is 6.79 Å². The molecule has 0 radical (unpaired) electrons. The van der Waals surface area contributed by atoms with Gasteiger partial charge >= 0.3 is 0 Å². The number of fused-ring (bicyclic) bond motifs is 3. The van der Waals surface area contributed by atoms with Crippen molar-refractivity contribution in [2.45, 2.75) is 25.4 Å². The fourth-order valence-electron chi connectivity index (χ4n) is 8.51. The molecule has 13 nitrogen and oxygen atoms in total. The lowest BCUT2D eigenvalue weighted by Crippen LogP contribution is -2.52. The Bertz CT molecular complexity index is 2500. The van der Waals surface area contributed by atoms with Crippen LogP contribution >= 0.6 is 0 Å². The summed E-state index contributed by atoms with van der Waals surface area (Å²) in [5.74, 6) is 0.687. The number of ether oxygens (including phenoxy) is 4. The van der Waals surface area contributed by atoms with Crippen molar-refractivity contribution in [1.29, 1.82) is 0 Å². The zero-order valence-corrected chi connectivity index (χ0v) is 32.9. The summed E-state index contributed by atoms with van der Waals surface area (Å²) in [5.41, 5.74) is 7.20. The van der Waals surface area contributed by atoms with Crippen LogP contribution in [0.1, 0.15) is 37.5 Å². The third-order valence-corrected chi connectivity index (χ3v) is 11.6. The monoisotopic (exact) mass is 782 g/mol. The number of hydrogen-bond donors (Lipinski definition) is 1. The summed E-state index contributed by atoms with van der Waals surface area (Å²) in [6.07, 6.45) is 4.77. The molecule has 298 valence electrons. The molecule has 0 aliphatic carbocycles. The van der Waals surface area contributed by atoms with E-state index in [9.17, 15) is 5.11 Å². The van der Waals surface area contributed by atoms with E-state index in [0.29, 0.717) is 78.0 Å². The summed E-state index contributed by atoms with van der Waals surface area (Å²) in [6, 6.07) is 24.2. The van der Waals surface area contributed by atoms with Gasteiger partial charge in [-0.3, -0.25) is 19.4 Å². The number of anilines is 2. The van der Waals surface area contributed by atoms with Crippen molar-refractivity contribution < 1.29 is 33.6 Å². The molecule has 3 aliphatic rings. The molecule has 6 aromatic rings. The Morgan fingerprint density at radius 2 is 1.67 bits per heavy atom. The maximum atomic E-state index is 15.2. The van der Waals surface area contributed by atoms with Crippen molar-refractivity contribution in [2.75, 3.05) is 58.3 Å². The van der Waals surface area contributed by atoms with Crippen molar-refractivity contribution in [1.82, 2.24) is 23.9 Å².